The van der Waals surface area contributed by atoms with Gasteiger partial charge in [0.25, 0.3) is 5.91 Å². The number of nitrogens with zero attached hydrogens (tertiary/aromatic N) is 3. The lowest BCUT2D eigenvalue weighted by Gasteiger charge is -2.30. The molecule has 1 amide bonds. The predicted octanol–water partition coefficient (Wildman–Crippen LogP) is 3.71. The molecule has 2 aromatic rings. The Kier molecular flexibility index (Phi) is 6.74. The van der Waals surface area contributed by atoms with Crippen molar-refractivity contribution in [2.24, 2.45) is 13.0 Å². The fourth-order valence-corrected chi connectivity index (χ4v) is 6.32. The van der Waals surface area contributed by atoms with Gasteiger partial charge in [-0.3, -0.25) is 4.79 Å². The minimum atomic E-state index is -3.62. The minimum Gasteiger partial charge on any atom is -0.345 e. The summed E-state index contributed by atoms with van der Waals surface area (Å²) >= 11 is 1.34. The smallest absolute Gasteiger partial charge is 0.265 e. The van der Waals surface area contributed by atoms with E-state index in [-0.39, 0.29) is 16.8 Å². The number of hydrogen-bond donors (Lipinski definition) is 1. The van der Waals surface area contributed by atoms with Gasteiger partial charge in [0.2, 0.25) is 10.0 Å². The maximum Gasteiger partial charge on any atom is 0.265 e. The molecule has 9 heteroatoms. The fourth-order valence-electron chi connectivity index (χ4n) is 3.62. The number of amides is 1. The molecule has 2 aromatic heterocycles. The van der Waals surface area contributed by atoms with Crippen LogP contribution in [-0.2, 0) is 17.1 Å². The maximum atomic E-state index is 13.0. The highest BCUT2D eigenvalue weighted by molar-refractivity contribution is 7.89. The van der Waals surface area contributed by atoms with Crippen molar-refractivity contribution in [2.75, 3.05) is 13.1 Å². The van der Waals surface area contributed by atoms with Crippen LogP contribution in [0.1, 0.15) is 61.1 Å². The number of sulfonamides is 1. The molecule has 0 aliphatic carbocycles. The molecule has 0 aromatic carbocycles. The normalized spacial score (nSPS) is 16.8. The molecule has 0 saturated carbocycles. The standard InChI is InChI=1S/C21H32N4O3S2/c1-7-14(3)23-30(27,28)18-12-17(24(6)16(18)5)20-22-15(4)19(29-20)21(26)25-10-8-13(2)9-11-25/h12-14,23H,7-11H2,1-6H3. The van der Waals surface area contributed by atoms with Gasteiger partial charge in [-0.25, -0.2) is 18.1 Å². The first-order valence-electron chi connectivity index (χ1n) is 10.5. The molecule has 1 atom stereocenters. The second-order valence-electron chi connectivity index (χ2n) is 8.38. The molecule has 1 N–H and O–H groups in total. The molecule has 0 radical (unpaired) electrons. The van der Waals surface area contributed by atoms with E-state index < -0.39 is 10.0 Å². The second kappa shape index (κ2) is 8.80. The number of carbonyl (C=O) groups excluding carboxylic acids is 1. The van der Waals surface area contributed by atoms with Gasteiger partial charge in [0.1, 0.15) is 14.8 Å². The van der Waals surface area contributed by atoms with Crippen LogP contribution in [0.3, 0.4) is 0 Å². The lowest BCUT2D eigenvalue weighted by Crippen LogP contribution is -2.37. The van der Waals surface area contributed by atoms with Gasteiger partial charge in [-0.2, -0.15) is 0 Å². The highest BCUT2D eigenvalue weighted by Gasteiger charge is 2.28. The Morgan fingerprint density at radius 3 is 2.57 bits per heavy atom. The number of piperidine rings is 1. The number of nitrogens with one attached hydrogen (secondary N) is 1. The Morgan fingerprint density at radius 2 is 1.97 bits per heavy atom. The van der Waals surface area contributed by atoms with Crippen LogP contribution in [0.15, 0.2) is 11.0 Å². The Hall–Kier alpha value is -1.71. The summed E-state index contributed by atoms with van der Waals surface area (Å²) in [4.78, 5) is 20.5. The largest absolute Gasteiger partial charge is 0.345 e. The van der Waals surface area contributed by atoms with Crippen LogP contribution in [0, 0.1) is 19.8 Å². The first-order valence-corrected chi connectivity index (χ1v) is 12.8. The number of hydrogen-bond acceptors (Lipinski definition) is 5. The van der Waals surface area contributed by atoms with E-state index in [1.165, 1.54) is 11.3 Å². The zero-order valence-corrected chi connectivity index (χ0v) is 20.3. The van der Waals surface area contributed by atoms with E-state index in [0.717, 1.165) is 25.9 Å². The zero-order valence-electron chi connectivity index (χ0n) is 18.7. The monoisotopic (exact) mass is 452 g/mol. The molecule has 1 fully saturated rings. The van der Waals surface area contributed by atoms with Crippen molar-refractivity contribution in [3.63, 3.8) is 0 Å². The average Bonchev–Trinajstić information content (AvgIpc) is 3.22. The van der Waals surface area contributed by atoms with Gasteiger partial charge in [-0.05, 0) is 52.0 Å². The Labute approximate surface area is 183 Å². The number of thiazole rings is 1. The van der Waals surface area contributed by atoms with E-state index in [0.29, 0.717) is 39.3 Å². The Morgan fingerprint density at radius 1 is 1.33 bits per heavy atom. The first kappa shape index (κ1) is 23.0. The van der Waals surface area contributed by atoms with Crippen molar-refractivity contribution in [1.29, 1.82) is 0 Å². The van der Waals surface area contributed by atoms with Crippen LogP contribution in [0.5, 0.6) is 0 Å². The van der Waals surface area contributed by atoms with E-state index in [9.17, 15) is 13.2 Å². The highest BCUT2D eigenvalue weighted by Crippen LogP contribution is 2.33. The SMILES string of the molecule is CCC(C)NS(=O)(=O)c1cc(-c2nc(C)c(C(=O)N3CCC(C)CC3)s2)n(C)c1C. The molecule has 3 rings (SSSR count). The van der Waals surface area contributed by atoms with Crippen LogP contribution in [0.4, 0.5) is 0 Å². The van der Waals surface area contributed by atoms with Crippen LogP contribution < -0.4 is 4.72 Å². The molecular formula is C21H32N4O3S2. The summed E-state index contributed by atoms with van der Waals surface area (Å²) < 4.78 is 30.2. The third-order valence-electron chi connectivity index (χ3n) is 6.03. The number of likely N-dealkylation sites (tertiary alicyclic amines) is 1. The molecule has 7 nitrogen and oxygen atoms in total. The highest BCUT2D eigenvalue weighted by atomic mass is 32.2. The third kappa shape index (κ3) is 4.48. The zero-order chi connectivity index (χ0) is 22.2. The number of aryl methyl sites for hydroxylation is 1. The molecule has 30 heavy (non-hydrogen) atoms. The molecular weight excluding hydrogens is 420 g/mol. The molecule has 1 aliphatic heterocycles. The molecule has 0 bridgehead atoms. The number of rotatable bonds is 6. The van der Waals surface area contributed by atoms with Crippen LogP contribution in [0.25, 0.3) is 10.7 Å². The molecule has 1 saturated heterocycles. The van der Waals surface area contributed by atoms with E-state index >= 15 is 0 Å². The van der Waals surface area contributed by atoms with E-state index in [1.54, 1.807) is 13.0 Å². The molecule has 1 aliphatic rings. The van der Waals surface area contributed by atoms with Crippen molar-refractivity contribution >= 4 is 27.3 Å². The Bertz CT molecular complexity index is 1030. The third-order valence-corrected chi connectivity index (χ3v) is 8.90. The summed E-state index contributed by atoms with van der Waals surface area (Å²) in [7, 11) is -1.79. The lowest BCUT2D eigenvalue weighted by atomic mass is 9.99. The molecule has 3 heterocycles. The van der Waals surface area contributed by atoms with Gasteiger partial charge in [0, 0.05) is 31.9 Å². The van der Waals surface area contributed by atoms with E-state index in [4.69, 9.17) is 0 Å². The average molecular weight is 453 g/mol. The molecule has 0 spiro atoms. The predicted molar refractivity (Wildman–Crippen MR) is 120 cm³/mol. The lowest BCUT2D eigenvalue weighted by molar-refractivity contribution is 0.0701. The van der Waals surface area contributed by atoms with Gasteiger partial charge in [-0.1, -0.05) is 13.8 Å². The van der Waals surface area contributed by atoms with E-state index in [2.05, 4.69) is 16.6 Å². The van der Waals surface area contributed by atoms with Crippen molar-refractivity contribution in [3.8, 4) is 10.7 Å². The summed E-state index contributed by atoms with van der Waals surface area (Å²) in [6.07, 6.45) is 2.76. The van der Waals surface area contributed by atoms with Crippen molar-refractivity contribution in [3.05, 3.63) is 22.3 Å². The quantitative estimate of drug-likeness (QED) is 0.724. The second-order valence-corrected chi connectivity index (χ2v) is 11.1. The van der Waals surface area contributed by atoms with Crippen LogP contribution in [0.2, 0.25) is 0 Å². The number of carbonyl (C=O) groups is 1. The molecule has 166 valence electrons. The van der Waals surface area contributed by atoms with Gasteiger partial charge < -0.3 is 9.47 Å². The van der Waals surface area contributed by atoms with Crippen LogP contribution >= 0.6 is 11.3 Å². The van der Waals surface area contributed by atoms with Gasteiger partial charge >= 0.3 is 0 Å². The van der Waals surface area contributed by atoms with Gasteiger partial charge in [0.05, 0.1) is 11.4 Å². The topological polar surface area (TPSA) is 84.3 Å². The number of aromatic nitrogens is 2. The fraction of sp³-hybridized carbons (Fsp3) is 0.619. The van der Waals surface area contributed by atoms with E-state index in [1.807, 2.05) is 37.3 Å². The summed E-state index contributed by atoms with van der Waals surface area (Å²) in [5.41, 5.74) is 2.04. The first-order chi connectivity index (χ1) is 14.0. The summed E-state index contributed by atoms with van der Waals surface area (Å²) in [5.74, 6) is 0.684. The van der Waals surface area contributed by atoms with Crippen molar-refractivity contribution in [1.82, 2.24) is 19.2 Å². The van der Waals surface area contributed by atoms with Gasteiger partial charge in [0.15, 0.2) is 0 Å². The summed E-state index contributed by atoms with van der Waals surface area (Å²) in [6.45, 7) is 11.2. The maximum absolute atomic E-state index is 13.0. The van der Waals surface area contributed by atoms with Gasteiger partial charge in [-0.15, -0.1) is 11.3 Å². The Balaban J connectivity index is 1.92. The summed E-state index contributed by atoms with van der Waals surface area (Å²) in [5, 5.41) is 0.664. The molecule has 1 unspecified atom stereocenters. The van der Waals surface area contributed by atoms with Crippen LogP contribution in [-0.4, -0.2) is 47.9 Å². The minimum absolute atomic E-state index is 0.0281. The summed E-state index contributed by atoms with van der Waals surface area (Å²) in [6, 6.07) is 1.52. The van der Waals surface area contributed by atoms with Crippen molar-refractivity contribution in [2.45, 2.75) is 64.8 Å². The van der Waals surface area contributed by atoms with Crippen molar-refractivity contribution < 1.29 is 13.2 Å².